The van der Waals surface area contributed by atoms with E-state index in [1.54, 1.807) is 12.1 Å². The number of phenolic OH excluding ortho intramolecular Hbond substituents is 1. The van der Waals surface area contributed by atoms with E-state index in [4.69, 9.17) is 28.4 Å². The Morgan fingerprint density at radius 3 is 2.26 bits per heavy atom. The number of carbonyl (C=O) groups excluding carboxylic acids is 1. The van der Waals surface area contributed by atoms with Crippen LogP contribution in [0.5, 0.6) is 28.7 Å². The van der Waals surface area contributed by atoms with Crippen molar-refractivity contribution in [3.05, 3.63) is 41.0 Å². The molecule has 0 saturated carbocycles. The van der Waals surface area contributed by atoms with Crippen molar-refractivity contribution in [3.63, 3.8) is 0 Å². The molecule has 0 aromatic heterocycles. The molecule has 0 bridgehead atoms. The molecule has 1 aliphatic carbocycles. The quantitative estimate of drug-likeness (QED) is 0.726. The summed E-state index contributed by atoms with van der Waals surface area (Å²) in [6.45, 7) is 2.87. The minimum Gasteiger partial charge on any atom is -0.502 e. The predicted octanol–water partition coefficient (Wildman–Crippen LogP) is 3.15. The Balaban J connectivity index is 1.75. The number of fused-ring (bicyclic) bond motifs is 3. The van der Waals surface area contributed by atoms with Crippen molar-refractivity contribution in [1.29, 1.82) is 0 Å². The minimum atomic E-state index is -0.455. The summed E-state index contributed by atoms with van der Waals surface area (Å²) in [6, 6.07) is 7.34. The van der Waals surface area contributed by atoms with E-state index in [0.717, 1.165) is 16.7 Å². The Morgan fingerprint density at radius 1 is 1.00 bits per heavy atom. The highest BCUT2D eigenvalue weighted by Crippen LogP contribution is 2.56. The first kappa shape index (κ1) is 19.8. The van der Waals surface area contributed by atoms with Crippen LogP contribution in [0.15, 0.2) is 24.3 Å². The van der Waals surface area contributed by atoms with Crippen molar-refractivity contribution in [2.75, 3.05) is 34.2 Å². The second-order valence-electron chi connectivity index (χ2n) is 7.78. The second-order valence-corrected chi connectivity index (χ2v) is 7.78. The molecule has 31 heavy (non-hydrogen) atoms. The molecule has 8 nitrogen and oxygen atoms in total. The predicted molar refractivity (Wildman–Crippen MR) is 108 cm³/mol. The molecule has 1 N–H and O–H groups in total. The van der Waals surface area contributed by atoms with E-state index in [0.29, 0.717) is 18.1 Å². The number of rotatable bonds is 5. The lowest BCUT2D eigenvalue weighted by Crippen LogP contribution is -2.35. The van der Waals surface area contributed by atoms with Crippen LogP contribution in [0.25, 0.3) is 0 Å². The van der Waals surface area contributed by atoms with Crippen LogP contribution in [0, 0.1) is 11.8 Å². The summed E-state index contributed by atoms with van der Waals surface area (Å²) in [4.78, 5) is 12.9. The number of carbonyl (C=O) groups is 1. The van der Waals surface area contributed by atoms with Gasteiger partial charge in [-0.2, -0.15) is 0 Å². The fraction of sp³-hybridized carbons (Fsp3) is 0.435. The Morgan fingerprint density at radius 2 is 1.65 bits per heavy atom. The Bertz CT molecular complexity index is 1010. The topological polar surface area (TPSA) is 92.7 Å². The van der Waals surface area contributed by atoms with Crippen LogP contribution in [0.3, 0.4) is 0 Å². The number of aromatic hydroxyl groups is 1. The van der Waals surface area contributed by atoms with Gasteiger partial charge in [-0.05, 0) is 47.9 Å². The third kappa shape index (κ3) is 2.96. The lowest BCUT2D eigenvalue weighted by molar-refractivity contribution is -0.141. The van der Waals surface area contributed by atoms with Crippen molar-refractivity contribution in [2.45, 2.75) is 18.9 Å². The zero-order valence-corrected chi connectivity index (χ0v) is 17.5. The van der Waals surface area contributed by atoms with Gasteiger partial charge in [-0.1, -0.05) is 0 Å². The van der Waals surface area contributed by atoms with Gasteiger partial charge in [-0.15, -0.1) is 0 Å². The van der Waals surface area contributed by atoms with Gasteiger partial charge in [0.15, 0.2) is 23.0 Å². The van der Waals surface area contributed by atoms with Crippen LogP contribution in [-0.4, -0.2) is 45.3 Å². The number of esters is 1. The zero-order valence-electron chi connectivity index (χ0n) is 17.5. The van der Waals surface area contributed by atoms with Gasteiger partial charge in [0, 0.05) is 18.4 Å². The average molecular weight is 428 g/mol. The molecule has 8 heteroatoms. The number of ether oxygens (including phenoxy) is 6. The van der Waals surface area contributed by atoms with Crippen LogP contribution in [-0.2, 0) is 14.3 Å². The summed E-state index contributed by atoms with van der Waals surface area (Å²) in [5, 5.41) is 10.4. The molecule has 2 aromatic rings. The van der Waals surface area contributed by atoms with Gasteiger partial charge in [0.2, 0.25) is 12.5 Å². The van der Waals surface area contributed by atoms with E-state index in [1.165, 1.54) is 14.2 Å². The van der Waals surface area contributed by atoms with Crippen LogP contribution in [0.4, 0.5) is 0 Å². The molecular formula is C23H24O8. The molecule has 2 aliphatic heterocycles. The van der Waals surface area contributed by atoms with Crippen LogP contribution < -0.4 is 18.9 Å². The van der Waals surface area contributed by atoms with Gasteiger partial charge in [-0.25, -0.2) is 0 Å². The van der Waals surface area contributed by atoms with Gasteiger partial charge in [0.25, 0.3) is 0 Å². The van der Waals surface area contributed by atoms with Crippen molar-refractivity contribution in [1.82, 2.24) is 0 Å². The smallest absolute Gasteiger partial charge is 0.310 e. The number of cyclic esters (lactones) is 1. The van der Waals surface area contributed by atoms with E-state index in [2.05, 4.69) is 0 Å². The monoisotopic (exact) mass is 428 g/mol. The molecule has 1 saturated heterocycles. The first-order valence-electron chi connectivity index (χ1n) is 10.2. The fourth-order valence-electron chi connectivity index (χ4n) is 5.00. The van der Waals surface area contributed by atoms with Crippen molar-refractivity contribution in [3.8, 4) is 28.7 Å². The maximum Gasteiger partial charge on any atom is 0.310 e. The maximum atomic E-state index is 12.9. The van der Waals surface area contributed by atoms with Gasteiger partial charge < -0.3 is 33.5 Å². The normalized spacial score (nSPS) is 25.6. The molecule has 2 heterocycles. The van der Waals surface area contributed by atoms with Gasteiger partial charge >= 0.3 is 5.97 Å². The minimum absolute atomic E-state index is 0.0896. The zero-order chi connectivity index (χ0) is 21.7. The summed E-state index contributed by atoms with van der Waals surface area (Å²) in [5.74, 6) is 0.498. The summed E-state index contributed by atoms with van der Waals surface area (Å²) < 4.78 is 33.6. The van der Waals surface area contributed by atoms with E-state index < -0.39 is 5.92 Å². The number of hydrogen-bond acceptors (Lipinski definition) is 8. The molecule has 0 amide bonds. The van der Waals surface area contributed by atoms with Crippen molar-refractivity contribution in [2.24, 2.45) is 11.8 Å². The maximum absolute atomic E-state index is 12.9. The van der Waals surface area contributed by atoms with Gasteiger partial charge in [0.05, 0.1) is 32.8 Å². The molecule has 1 fully saturated rings. The fourth-order valence-corrected chi connectivity index (χ4v) is 5.00. The molecule has 164 valence electrons. The SMILES string of the molecule is CCO[C@H]1c2cc3c(cc2[C@@H](c2cc(OC)c(O)c(OC)c2)[C@H]2C(=O)OC[C@@H]21)OCO3. The third-order valence-electron chi connectivity index (χ3n) is 6.33. The first-order valence-corrected chi connectivity index (χ1v) is 10.2. The van der Waals surface area contributed by atoms with Crippen molar-refractivity contribution < 1.29 is 38.3 Å². The summed E-state index contributed by atoms with van der Waals surface area (Å²) in [5.41, 5.74) is 2.62. The third-order valence-corrected chi connectivity index (χ3v) is 6.33. The standard InChI is InChI=1S/C23H24O8/c1-4-28-22-13-8-16-15(30-10-31-16)7-12(13)19(20-14(22)9-29-23(20)25)11-5-17(26-2)21(24)18(6-11)27-3/h5-8,14,19-20,22,24H,4,9-10H2,1-3H3/t14-,19+,20-,22-/m0/s1. The molecular weight excluding hydrogens is 404 g/mol. The highest BCUT2D eigenvalue weighted by molar-refractivity contribution is 5.79. The summed E-state index contributed by atoms with van der Waals surface area (Å²) in [7, 11) is 2.95. The lowest BCUT2D eigenvalue weighted by Gasteiger charge is -2.39. The molecule has 0 spiro atoms. The van der Waals surface area contributed by atoms with Crippen molar-refractivity contribution >= 4 is 5.97 Å². The van der Waals surface area contributed by atoms with Crippen LogP contribution in [0.1, 0.15) is 35.6 Å². The number of benzene rings is 2. The van der Waals surface area contributed by atoms with Gasteiger partial charge in [-0.3, -0.25) is 4.79 Å². The summed E-state index contributed by atoms with van der Waals surface area (Å²) in [6.07, 6.45) is -0.303. The van der Waals surface area contributed by atoms with E-state index in [-0.39, 0.29) is 54.6 Å². The van der Waals surface area contributed by atoms with E-state index >= 15 is 0 Å². The largest absolute Gasteiger partial charge is 0.502 e. The highest BCUT2D eigenvalue weighted by atomic mass is 16.7. The van der Waals surface area contributed by atoms with E-state index in [1.807, 2.05) is 19.1 Å². The highest BCUT2D eigenvalue weighted by Gasteiger charge is 2.53. The average Bonchev–Trinajstić information content (AvgIpc) is 3.39. The first-order chi connectivity index (χ1) is 15.1. The summed E-state index contributed by atoms with van der Waals surface area (Å²) >= 11 is 0. The number of methoxy groups -OCH3 is 2. The Kier molecular flexibility index (Phi) is 4.81. The lowest BCUT2D eigenvalue weighted by atomic mass is 9.66. The number of hydrogen-bond donors (Lipinski definition) is 1. The molecule has 2 aromatic carbocycles. The Labute approximate surface area is 179 Å². The van der Waals surface area contributed by atoms with E-state index in [9.17, 15) is 9.90 Å². The Hall–Kier alpha value is -3.13. The molecule has 0 radical (unpaired) electrons. The van der Waals surface area contributed by atoms with Crippen LogP contribution in [0.2, 0.25) is 0 Å². The molecule has 3 aliphatic rings. The second kappa shape index (κ2) is 7.53. The molecule has 0 unspecified atom stereocenters. The molecule has 5 rings (SSSR count). The van der Waals surface area contributed by atoms with Gasteiger partial charge in [0.1, 0.15) is 0 Å². The number of phenols is 1. The van der Waals surface area contributed by atoms with Crippen LogP contribution >= 0.6 is 0 Å². The molecule has 4 atom stereocenters.